The van der Waals surface area contributed by atoms with Crippen molar-refractivity contribution in [1.82, 2.24) is 9.97 Å². The van der Waals surface area contributed by atoms with E-state index in [1.54, 1.807) is 0 Å². The number of pyridine rings is 1. The highest BCUT2D eigenvalue weighted by molar-refractivity contribution is 6.32. The molecule has 1 aliphatic rings. The van der Waals surface area contributed by atoms with Crippen LogP contribution in [0.1, 0.15) is 49.8 Å². The number of hydrogen-bond acceptors (Lipinski definition) is 5. The molecule has 3 aromatic rings. The van der Waals surface area contributed by atoms with Crippen molar-refractivity contribution in [3.63, 3.8) is 0 Å². The maximum absolute atomic E-state index is 12.6. The van der Waals surface area contributed by atoms with Gasteiger partial charge in [0.05, 0.1) is 6.04 Å². The second-order valence-corrected chi connectivity index (χ2v) is 7.28. The number of anilines is 2. The van der Waals surface area contributed by atoms with E-state index in [2.05, 4.69) is 20.6 Å². The molecule has 0 bridgehead atoms. The number of fused-ring (bicyclic) bond motifs is 1. The number of H-pyrrole nitrogens is 1. The Hall–Kier alpha value is -2.80. The third kappa shape index (κ3) is 3.68. The highest BCUT2D eigenvalue weighted by Gasteiger charge is 2.26. The van der Waals surface area contributed by atoms with E-state index >= 15 is 0 Å². The van der Waals surface area contributed by atoms with Gasteiger partial charge in [-0.3, -0.25) is 9.59 Å². The molecular formula is C19H19ClN4O3. The van der Waals surface area contributed by atoms with Crippen LogP contribution in [0.4, 0.5) is 11.8 Å². The summed E-state index contributed by atoms with van der Waals surface area (Å²) in [5.74, 6) is 0.578. The summed E-state index contributed by atoms with van der Waals surface area (Å²) in [4.78, 5) is 30.7. The summed E-state index contributed by atoms with van der Waals surface area (Å²) in [6.07, 6.45) is 3.62. The number of nitrogens with one attached hydrogen (secondary N) is 3. The molecule has 8 heteroatoms. The van der Waals surface area contributed by atoms with Crippen molar-refractivity contribution in [1.29, 1.82) is 0 Å². The van der Waals surface area contributed by atoms with Gasteiger partial charge in [-0.05, 0) is 49.4 Å². The lowest BCUT2D eigenvalue weighted by Gasteiger charge is -2.13. The van der Waals surface area contributed by atoms with Crippen molar-refractivity contribution in [2.45, 2.75) is 38.6 Å². The Bertz CT molecular complexity index is 1080. The van der Waals surface area contributed by atoms with E-state index in [-0.39, 0.29) is 23.5 Å². The largest absolute Gasteiger partial charge is 0.430 e. The quantitative estimate of drug-likeness (QED) is 0.610. The van der Waals surface area contributed by atoms with E-state index in [0.29, 0.717) is 17.3 Å². The van der Waals surface area contributed by atoms with E-state index in [1.807, 2.05) is 25.1 Å². The molecule has 0 aliphatic heterocycles. The van der Waals surface area contributed by atoms with Crippen LogP contribution < -0.4 is 16.2 Å². The molecule has 2 heterocycles. The first-order valence-corrected chi connectivity index (χ1v) is 9.14. The Morgan fingerprint density at radius 3 is 2.85 bits per heavy atom. The number of carbonyl (C=O) groups is 1. The average molecular weight is 387 g/mol. The lowest BCUT2D eigenvalue weighted by atomic mass is 10.0. The standard InChI is InChI=1S/C19H19ClN4O3/c1-9(21-19-24-17(8-27-19)22-10(2)25)13-5-12-6-15(20)14(11-3-4-11)7-16(12)23-18(13)26/h5-9,11H,3-4H2,1-2H3,(H,21,24)(H,22,25)(H,23,26)/t9-/m0/s1. The predicted molar refractivity (Wildman–Crippen MR) is 104 cm³/mol. The van der Waals surface area contributed by atoms with Gasteiger partial charge < -0.3 is 20.0 Å². The Morgan fingerprint density at radius 2 is 2.15 bits per heavy atom. The van der Waals surface area contributed by atoms with Crippen LogP contribution in [0.5, 0.6) is 0 Å². The van der Waals surface area contributed by atoms with Crippen molar-refractivity contribution in [3.05, 3.63) is 51.0 Å². The van der Waals surface area contributed by atoms with Gasteiger partial charge in [-0.15, -0.1) is 0 Å². The summed E-state index contributed by atoms with van der Waals surface area (Å²) < 4.78 is 5.28. The zero-order valence-corrected chi connectivity index (χ0v) is 15.7. The van der Waals surface area contributed by atoms with Gasteiger partial charge in [-0.1, -0.05) is 11.6 Å². The number of aromatic nitrogens is 2. The molecule has 27 heavy (non-hydrogen) atoms. The second kappa shape index (κ2) is 6.74. The number of rotatable bonds is 5. The molecule has 3 N–H and O–H groups in total. The van der Waals surface area contributed by atoms with Crippen molar-refractivity contribution >= 4 is 40.2 Å². The Balaban J connectivity index is 1.61. The SMILES string of the molecule is CC(=O)Nc1coc(N[C@@H](C)c2cc3cc(Cl)c(C4CC4)cc3[nH]c2=O)n1. The lowest BCUT2D eigenvalue weighted by molar-refractivity contribution is -0.114. The minimum atomic E-state index is -0.358. The molecule has 1 saturated carbocycles. The van der Waals surface area contributed by atoms with Gasteiger partial charge in [0.1, 0.15) is 6.26 Å². The van der Waals surface area contributed by atoms with Crippen LogP contribution in [0.25, 0.3) is 10.9 Å². The van der Waals surface area contributed by atoms with Gasteiger partial charge in [-0.25, -0.2) is 0 Å². The van der Waals surface area contributed by atoms with Crippen molar-refractivity contribution in [3.8, 4) is 0 Å². The van der Waals surface area contributed by atoms with Crippen molar-refractivity contribution < 1.29 is 9.21 Å². The lowest BCUT2D eigenvalue weighted by Crippen LogP contribution is -2.19. The van der Waals surface area contributed by atoms with Gasteiger partial charge in [0.15, 0.2) is 5.82 Å². The number of benzene rings is 1. The fraction of sp³-hybridized carbons (Fsp3) is 0.316. The first-order chi connectivity index (χ1) is 12.9. The van der Waals surface area contributed by atoms with E-state index in [4.69, 9.17) is 16.0 Å². The van der Waals surface area contributed by atoms with Gasteiger partial charge >= 0.3 is 0 Å². The molecule has 1 aliphatic carbocycles. The highest BCUT2D eigenvalue weighted by atomic mass is 35.5. The molecule has 2 aromatic heterocycles. The Labute approximate surface area is 160 Å². The van der Waals surface area contributed by atoms with E-state index in [0.717, 1.165) is 34.3 Å². The smallest absolute Gasteiger partial charge is 0.297 e. The number of amides is 1. The summed E-state index contributed by atoms with van der Waals surface area (Å²) in [6, 6.07) is 5.56. The van der Waals surface area contributed by atoms with E-state index < -0.39 is 0 Å². The van der Waals surface area contributed by atoms with Crippen LogP contribution in [0, 0.1) is 0 Å². The van der Waals surface area contributed by atoms with Gasteiger partial charge in [0.2, 0.25) is 5.91 Å². The zero-order chi connectivity index (χ0) is 19.1. The molecule has 0 saturated heterocycles. The number of halogens is 1. The molecule has 1 atom stereocenters. The summed E-state index contributed by atoms with van der Waals surface area (Å²) in [7, 11) is 0. The molecular weight excluding hydrogens is 368 g/mol. The fourth-order valence-electron chi connectivity index (χ4n) is 3.13. The highest BCUT2D eigenvalue weighted by Crippen LogP contribution is 2.44. The monoisotopic (exact) mass is 386 g/mol. The van der Waals surface area contributed by atoms with Crippen LogP contribution in [-0.4, -0.2) is 15.9 Å². The molecule has 140 valence electrons. The first kappa shape index (κ1) is 17.6. The Kier molecular flexibility index (Phi) is 4.39. The maximum Gasteiger partial charge on any atom is 0.297 e. The number of aromatic amines is 1. The molecule has 0 unspecified atom stereocenters. The number of nitrogens with zero attached hydrogens (tertiary/aromatic N) is 1. The average Bonchev–Trinajstić information content (AvgIpc) is 3.35. The minimum Gasteiger partial charge on any atom is -0.430 e. The number of oxazole rings is 1. The topological polar surface area (TPSA) is 100 Å². The van der Waals surface area contributed by atoms with Crippen LogP contribution in [0.3, 0.4) is 0 Å². The third-order valence-corrected chi connectivity index (χ3v) is 4.95. The van der Waals surface area contributed by atoms with Gasteiger partial charge in [-0.2, -0.15) is 4.98 Å². The van der Waals surface area contributed by atoms with E-state index in [9.17, 15) is 9.59 Å². The summed E-state index contributed by atoms with van der Waals surface area (Å²) in [5.41, 5.74) is 2.24. The molecule has 1 fully saturated rings. The van der Waals surface area contributed by atoms with Crippen LogP contribution in [0.15, 0.2) is 33.7 Å². The van der Waals surface area contributed by atoms with Crippen LogP contribution in [0.2, 0.25) is 5.02 Å². The molecule has 0 spiro atoms. The molecule has 1 aromatic carbocycles. The fourth-order valence-corrected chi connectivity index (χ4v) is 3.46. The summed E-state index contributed by atoms with van der Waals surface area (Å²) >= 11 is 6.42. The molecule has 1 amide bonds. The van der Waals surface area contributed by atoms with Crippen LogP contribution >= 0.6 is 11.6 Å². The predicted octanol–water partition coefficient (Wildman–Crippen LogP) is 4.18. The Morgan fingerprint density at radius 1 is 1.37 bits per heavy atom. The molecule has 0 radical (unpaired) electrons. The number of hydrogen-bond donors (Lipinski definition) is 3. The minimum absolute atomic E-state index is 0.180. The van der Waals surface area contributed by atoms with Crippen molar-refractivity contribution in [2.24, 2.45) is 0 Å². The van der Waals surface area contributed by atoms with Gasteiger partial charge in [0, 0.05) is 28.4 Å². The maximum atomic E-state index is 12.6. The summed E-state index contributed by atoms with van der Waals surface area (Å²) in [6.45, 7) is 3.22. The van der Waals surface area contributed by atoms with Crippen molar-refractivity contribution in [2.75, 3.05) is 10.6 Å². The normalized spacial score (nSPS) is 14.9. The summed E-state index contributed by atoms with van der Waals surface area (Å²) in [5, 5.41) is 7.17. The van der Waals surface area contributed by atoms with E-state index in [1.165, 1.54) is 13.2 Å². The van der Waals surface area contributed by atoms with Crippen LogP contribution in [-0.2, 0) is 4.79 Å². The number of carbonyl (C=O) groups excluding carboxylic acids is 1. The zero-order valence-electron chi connectivity index (χ0n) is 14.9. The molecule has 4 rings (SSSR count). The third-order valence-electron chi connectivity index (χ3n) is 4.62. The first-order valence-electron chi connectivity index (χ1n) is 8.76. The van der Waals surface area contributed by atoms with Gasteiger partial charge in [0.25, 0.3) is 11.6 Å². The second-order valence-electron chi connectivity index (χ2n) is 6.87. The molecule has 7 nitrogen and oxygen atoms in total.